The first-order valence-corrected chi connectivity index (χ1v) is 5.90. The molecule has 0 radical (unpaired) electrons. The lowest BCUT2D eigenvalue weighted by Crippen LogP contribution is -2.27. The predicted octanol–water partition coefficient (Wildman–Crippen LogP) is 2.57. The Bertz CT molecular complexity index is 370. The number of amides is 1. The molecule has 1 aliphatic carbocycles. The molecule has 1 saturated carbocycles. The van der Waals surface area contributed by atoms with Crippen LogP contribution in [0.2, 0.25) is 0 Å². The van der Waals surface area contributed by atoms with E-state index >= 15 is 0 Å². The Balaban J connectivity index is 1.97. The highest BCUT2D eigenvalue weighted by molar-refractivity contribution is 7.80. The van der Waals surface area contributed by atoms with Crippen molar-refractivity contribution < 1.29 is 4.79 Å². The molecule has 0 aromatic carbocycles. The topological polar surface area (TPSA) is 29.1 Å². The summed E-state index contributed by atoms with van der Waals surface area (Å²) in [5, 5.41) is 4.88. The maximum atomic E-state index is 11.7. The Morgan fingerprint density at radius 2 is 2.36 bits per heavy atom. The summed E-state index contributed by atoms with van der Waals surface area (Å²) in [6.07, 6.45) is 1.08. The summed E-state index contributed by atoms with van der Waals surface area (Å²) in [6.45, 7) is 4.33. The summed E-state index contributed by atoms with van der Waals surface area (Å²) in [5.41, 5.74) is 0.288. The summed E-state index contributed by atoms with van der Waals surface area (Å²) >= 11 is 5.61. The van der Waals surface area contributed by atoms with Crippen molar-refractivity contribution in [2.24, 2.45) is 5.41 Å². The molecule has 14 heavy (non-hydrogen) atoms. The normalized spacial score (nSPS) is 23.2. The molecule has 1 amide bonds. The molecule has 76 valence electrons. The van der Waals surface area contributed by atoms with Crippen LogP contribution in [0.25, 0.3) is 0 Å². The summed E-state index contributed by atoms with van der Waals surface area (Å²) < 4.78 is 0. The first-order valence-electron chi connectivity index (χ1n) is 4.57. The van der Waals surface area contributed by atoms with Crippen LogP contribution in [0, 0.1) is 5.41 Å². The third-order valence-electron chi connectivity index (χ3n) is 2.63. The summed E-state index contributed by atoms with van der Waals surface area (Å²) in [7, 11) is 0. The standard InChI is InChI=1S/C10H13NOS2/c1-10(2)4-8(10)11-9(12)7-3-6(13)5-14-7/h3,5,8,13H,4H2,1-2H3,(H,11,12). The molecule has 1 unspecified atom stereocenters. The quantitative estimate of drug-likeness (QED) is 0.747. The molecule has 0 saturated heterocycles. The van der Waals surface area contributed by atoms with Gasteiger partial charge in [-0.15, -0.1) is 24.0 Å². The molecule has 1 aromatic rings. The van der Waals surface area contributed by atoms with Crippen molar-refractivity contribution in [1.82, 2.24) is 5.32 Å². The van der Waals surface area contributed by atoms with Gasteiger partial charge in [0.05, 0.1) is 4.88 Å². The zero-order valence-electron chi connectivity index (χ0n) is 8.20. The molecular weight excluding hydrogens is 214 g/mol. The molecule has 2 nitrogen and oxygen atoms in total. The van der Waals surface area contributed by atoms with Gasteiger partial charge in [-0.2, -0.15) is 0 Å². The van der Waals surface area contributed by atoms with Crippen LogP contribution in [-0.2, 0) is 0 Å². The fourth-order valence-electron chi connectivity index (χ4n) is 1.39. The van der Waals surface area contributed by atoms with Gasteiger partial charge in [0.2, 0.25) is 0 Å². The number of hydrogen-bond acceptors (Lipinski definition) is 3. The molecule has 4 heteroatoms. The highest BCUT2D eigenvalue weighted by Crippen LogP contribution is 2.44. The maximum absolute atomic E-state index is 11.7. The lowest BCUT2D eigenvalue weighted by atomic mass is 10.2. The Morgan fingerprint density at radius 3 is 2.79 bits per heavy atom. The molecule has 0 bridgehead atoms. The van der Waals surface area contributed by atoms with Gasteiger partial charge in [0.25, 0.3) is 5.91 Å². The van der Waals surface area contributed by atoms with Crippen LogP contribution in [-0.4, -0.2) is 11.9 Å². The molecule has 1 N–H and O–H groups in total. The highest BCUT2D eigenvalue weighted by atomic mass is 32.1. The van der Waals surface area contributed by atoms with Crippen LogP contribution in [0.15, 0.2) is 16.3 Å². The van der Waals surface area contributed by atoms with Crippen molar-refractivity contribution in [3.05, 3.63) is 16.3 Å². The first kappa shape index (κ1) is 10.1. The molecule has 1 aromatic heterocycles. The molecular formula is C10H13NOS2. The van der Waals surface area contributed by atoms with Crippen LogP contribution in [0.4, 0.5) is 0 Å². The van der Waals surface area contributed by atoms with Gasteiger partial charge >= 0.3 is 0 Å². The maximum Gasteiger partial charge on any atom is 0.261 e. The average Bonchev–Trinajstić information content (AvgIpc) is 2.52. The minimum absolute atomic E-state index is 0.0332. The van der Waals surface area contributed by atoms with E-state index < -0.39 is 0 Å². The van der Waals surface area contributed by atoms with Crippen LogP contribution in [0.1, 0.15) is 29.9 Å². The lowest BCUT2D eigenvalue weighted by molar-refractivity contribution is 0.0950. The van der Waals surface area contributed by atoms with Crippen molar-refractivity contribution in [2.75, 3.05) is 0 Å². The summed E-state index contributed by atoms with van der Waals surface area (Å²) in [4.78, 5) is 13.3. The fourth-order valence-corrected chi connectivity index (χ4v) is 2.44. The molecule has 2 rings (SSSR count). The zero-order valence-corrected chi connectivity index (χ0v) is 9.91. The van der Waals surface area contributed by atoms with Crippen LogP contribution in [0.5, 0.6) is 0 Å². The smallest absolute Gasteiger partial charge is 0.261 e. The Morgan fingerprint density at radius 1 is 1.71 bits per heavy atom. The van der Waals surface area contributed by atoms with E-state index in [1.54, 1.807) is 6.07 Å². The van der Waals surface area contributed by atoms with Crippen LogP contribution < -0.4 is 5.32 Å². The van der Waals surface area contributed by atoms with Gasteiger partial charge in [0.15, 0.2) is 0 Å². The second kappa shape index (κ2) is 3.28. The third-order valence-corrected chi connectivity index (χ3v) is 3.99. The minimum Gasteiger partial charge on any atom is -0.348 e. The molecule has 1 aliphatic rings. The van der Waals surface area contributed by atoms with E-state index in [9.17, 15) is 4.79 Å². The van der Waals surface area contributed by atoms with E-state index in [1.807, 2.05) is 5.38 Å². The molecule has 0 aliphatic heterocycles. The largest absolute Gasteiger partial charge is 0.348 e. The fraction of sp³-hybridized carbons (Fsp3) is 0.500. The SMILES string of the molecule is CC1(C)CC1NC(=O)c1cc(S)cs1. The molecule has 1 fully saturated rings. The van der Waals surface area contributed by atoms with E-state index in [-0.39, 0.29) is 11.3 Å². The molecule has 0 spiro atoms. The monoisotopic (exact) mass is 227 g/mol. The minimum atomic E-state index is 0.0332. The van der Waals surface area contributed by atoms with E-state index in [0.29, 0.717) is 6.04 Å². The van der Waals surface area contributed by atoms with E-state index in [4.69, 9.17) is 0 Å². The van der Waals surface area contributed by atoms with Crippen LogP contribution in [0.3, 0.4) is 0 Å². The predicted molar refractivity (Wildman–Crippen MR) is 61.2 cm³/mol. The van der Waals surface area contributed by atoms with Gasteiger partial charge in [-0.3, -0.25) is 4.79 Å². The second-order valence-corrected chi connectivity index (χ2v) is 5.82. The Labute approximate surface area is 93.1 Å². The second-order valence-electron chi connectivity index (χ2n) is 4.39. The average molecular weight is 227 g/mol. The van der Waals surface area contributed by atoms with E-state index in [0.717, 1.165) is 16.2 Å². The van der Waals surface area contributed by atoms with Gasteiger partial charge in [-0.1, -0.05) is 13.8 Å². The summed E-state index contributed by atoms with van der Waals surface area (Å²) in [6, 6.07) is 2.15. The van der Waals surface area contributed by atoms with Crippen molar-refractivity contribution in [3.63, 3.8) is 0 Å². The Hall–Kier alpha value is -0.480. The Kier molecular flexibility index (Phi) is 2.35. The van der Waals surface area contributed by atoms with Gasteiger partial charge in [0.1, 0.15) is 0 Å². The number of nitrogens with one attached hydrogen (secondary N) is 1. The van der Waals surface area contributed by atoms with Crippen molar-refractivity contribution >= 4 is 29.9 Å². The van der Waals surface area contributed by atoms with Gasteiger partial charge in [0, 0.05) is 16.3 Å². The first-order chi connectivity index (χ1) is 6.49. The van der Waals surface area contributed by atoms with E-state index in [2.05, 4.69) is 31.8 Å². The van der Waals surface area contributed by atoms with Gasteiger partial charge in [-0.05, 0) is 17.9 Å². The number of thiophene rings is 1. The number of carbonyl (C=O) groups is 1. The van der Waals surface area contributed by atoms with Gasteiger partial charge in [-0.25, -0.2) is 0 Å². The van der Waals surface area contributed by atoms with E-state index in [1.165, 1.54) is 11.3 Å². The molecule has 1 heterocycles. The van der Waals surface area contributed by atoms with Crippen LogP contribution >= 0.6 is 24.0 Å². The highest BCUT2D eigenvalue weighted by Gasteiger charge is 2.46. The molecule has 1 atom stereocenters. The van der Waals surface area contributed by atoms with Gasteiger partial charge < -0.3 is 5.32 Å². The third kappa shape index (κ3) is 1.96. The lowest BCUT2D eigenvalue weighted by Gasteiger charge is -2.04. The van der Waals surface area contributed by atoms with Crippen molar-refractivity contribution in [2.45, 2.75) is 31.2 Å². The van der Waals surface area contributed by atoms with Crippen molar-refractivity contribution in [3.8, 4) is 0 Å². The van der Waals surface area contributed by atoms with Crippen molar-refractivity contribution in [1.29, 1.82) is 0 Å². The number of hydrogen-bond donors (Lipinski definition) is 2. The summed E-state index contributed by atoms with van der Waals surface area (Å²) in [5.74, 6) is 0.0332. The number of carbonyl (C=O) groups excluding carboxylic acids is 1. The number of thiol groups is 1. The zero-order chi connectivity index (χ0) is 10.3. The number of rotatable bonds is 2.